The summed E-state index contributed by atoms with van der Waals surface area (Å²) in [6.45, 7) is 1.71. The van der Waals surface area contributed by atoms with Crippen molar-refractivity contribution in [3.63, 3.8) is 0 Å². The number of nitrogens with one attached hydrogen (secondary N) is 1. The molecule has 6 heteroatoms. The maximum atomic E-state index is 11.5. The van der Waals surface area contributed by atoms with Gasteiger partial charge >= 0.3 is 0 Å². The van der Waals surface area contributed by atoms with Gasteiger partial charge < -0.3 is 4.90 Å². The molecule has 0 atom stereocenters. The van der Waals surface area contributed by atoms with E-state index in [1.165, 1.54) is 6.20 Å². The van der Waals surface area contributed by atoms with Crippen LogP contribution in [0, 0.1) is 0 Å². The molecule has 1 aliphatic heterocycles. The molecule has 1 amide bonds. The highest BCUT2D eigenvalue weighted by atomic mass is 35.5. The van der Waals surface area contributed by atoms with E-state index in [-0.39, 0.29) is 18.3 Å². The summed E-state index contributed by atoms with van der Waals surface area (Å²) in [5.74, 6) is -0.0127. The lowest BCUT2D eigenvalue weighted by Gasteiger charge is -2.12. The van der Waals surface area contributed by atoms with Crippen molar-refractivity contribution in [1.82, 2.24) is 20.3 Å². The first-order chi connectivity index (χ1) is 5.88. The number of aromatic nitrogens is 3. The Kier molecular flexibility index (Phi) is 3.25. The third-order valence-corrected chi connectivity index (χ3v) is 2.03. The quantitative estimate of drug-likeness (QED) is 0.720. The van der Waals surface area contributed by atoms with E-state index >= 15 is 0 Å². The fourth-order valence-electron chi connectivity index (χ4n) is 1.39. The van der Waals surface area contributed by atoms with Crippen molar-refractivity contribution in [3.8, 4) is 0 Å². The number of carbonyl (C=O) groups is 1. The number of rotatable bonds is 1. The molecular weight excluding hydrogens is 192 g/mol. The third-order valence-electron chi connectivity index (χ3n) is 2.03. The smallest absolute Gasteiger partial charge is 0.276 e. The highest BCUT2D eigenvalue weighted by Gasteiger charge is 2.20. The lowest BCUT2D eigenvalue weighted by atomic mass is 10.4. The lowest BCUT2D eigenvalue weighted by Crippen LogP contribution is -2.27. The molecule has 0 aliphatic carbocycles. The van der Waals surface area contributed by atoms with E-state index in [1.807, 2.05) is 0 Å². The molecule has 5 nitrogen and oxygen atoms in total. The molecule has 0 aromatic carbocycles. The minimum absolute atomic E-state index is 0. The van der Waals surface area contributed by atoms with Crippen molar-refractivity contribution in [3.05, 3.63) is 11.9 Å². The normalized spacial score (nSPS) is 15.5. The molecule has 2 rings (SSSR count). The van der Waals surface area contributed by atoms with Gasteiger partial charge in [0.25, 0.3) is 5.91 Å². The number of hydrogen-bond acceptors (Lipinski definition) is 3. The molecule has 72 valence electrons. The van der Waals surface area contributed by atoms with Crippen LogP contribution in [0.25, 0.3) is 0 Å². The van der Waals surface area contributed by atoms with Crippen LogP contribution in [0.2, 0.25) is 0 Å². The largest absolute Gasteiger partial charge is 0.337 e. The van der Waals surface area contributed by atoms with Crippen LogP contribution in [-0.4, -0.2) is 39.3 Å². The topological polar surface area (TPSA) is 61.9 Å². The van der Waals surface area contributed by atoms with E-state index in [9.17, 15) is 4.79 Å². The second kappa shape index (κ2) is 4.23. The van der Waals surface area contributed by atoms with Crippen molar-refractivity contribution in [2.75, 3.05) is 13.1 Å². The van der Waals surface area contributed by atoms with Crippen LogP contribution in [0.1, 0.15) is 23.3 Å². The second-order valence-electron chi connectivity index (χ2n) is 2.86. The fourth-order valence-corrected chi connectivity index (χ4v) is 1.39. The van der Waals surface area contributed by atoms with Gasteiger partial charge in [-0.25, -0.2) is 0 Å². The maximum absolute atomic E-state index is 11.5. The van der Waals surface area contributed by atoms with Gasteiger partial charge in [-0.3, -0.25) is 9.89 Å². The van der Waals surface area contributed by atoms with Crippen LogP contribution in [0.3, 0.4) is 0 Å². The Morgan fingerprint density at radius 1 is 1.46 bits per heavy atom. The van der Waals surface area contributed by atoms with Crippen LogP contribution in [0.5, 0.6) is 0 Å². The molecule has 0 radical (unpaired) electrons. The van der Waals surface area contributed by atoms with Gasteiger partial charge in [0.1, 0.15) is 0 Å². The minimum Gasteiger partial charge on any atom is -0.337 e. The maximum Gasteiger partial charge on any atom is 0.276 e. The van der Waals surface area contributed by atoms with E-state index in [2.05, 4.69) is 15.4 Å². The Morgan fingerprint density at radius 2 is 2.15 bits per heavy atom. The summed E-state index contributed by atoms with van der Waals surface area (Å²) in [5.41, 5.74) is 0.414. The summed E-state index contributed by atoms with van der Waals surface area (Å²) in [6, 6.07) is 0. The molecule has 13 heavy (non-hydrogen) atoms. The van der Waals surface area contributed by atoms with Gasteiger partial charge in [-0.15, -0.1) is 17.5 Å². The first kappa shape index (κ1) is 9.98. The zero-order valence-corrected chi connectivity index (χ0v) is 7.88. The predicted molar refractivity (Wildman–Crippen MR) is 48.8 cm³/mol. The SMILES string of the molecule is Cl.O=C(c1c[nH]nn1)N1CCCC1. The summed E-state index contributed by atoms with van der Waals surface area (Å²) in [7, 11) is 0. The molecule has 2 heterocycles. The summed E-state index contributed by atoms with van der Waals surface area (Å²) in [5, 5.41) is 9.68. The number of hydrogen-bond donors (Lipinski definition) is 1. The zero-order chi connectivity index (χ0) is 8.39. The molecule has 1 aromatic heterocycles. The van der Waals surface area contributed by atoms with Gasteiger partial charge in [-0.2, -0.15) is 0 Å². The number of nitrogens with zero attached hydrogens (tertiary/aromatic N) is 3. The van der Waals surface area contributed by atoms with Crippen molar-refractivity contribution in [2.24, 2.45) is 0 Å². The first-order valence-electron chi connectivity index (χ1n) is 4.03. The summed E-state index contributed by atoms with van der Waals surface area (Å²) < 4.78 is 0. The molecular formula is C7H11ClN4O. The summed E-state index contributed by atoms with van der Waals surface area (Å²) >= 11 is 0. The number of halogens is 1. The Hall–Kier alpha value is -1.10. The van der Waals surface area contributed by atoms with Gasteiger partial charge in [0, 0.05) is 13.1 Å². The minimum atomic E-state index is -0.0127. The number of H-pyrrole nitrogens is 1. The van der Waals surface area contributed by atoms with Gasteiger partial charge in [-0.05, 0) is 12.8 Å². The van der Waals surface area contributed by atoms with Crippen LogP contribution >= 0.6 is 12.4 Å². The average Bonchev–Trinajstić information content (AvgIpc) is 2.77. The number of amides is 1. The van der Waals surface area contributed by atoms with E-state index in [1.54, 1.807) is 4.90 Å². The molecule has 1 aromatic rings. The Labute approximate surface area is 81.9 Å². The second-order valence-corrected chi connectivity index (χ2v) is 2.86. The van der Waals surface area contributed by atoms with Gasteiger partial charge in [0.15, 0.2) is 5.69 Å². The molecule has 0 unspecified atom stereocenters. The lowest BCUT2D eigenvalue weighted by molar-refractivity contribution is 0.0787. The van der Waals surface area contributed by atoms with E-state index in [0.29, 0.717) is 5.69 Å². The summed E-state index contributed by atoms with van der Waals surface area (Å²) in [6.07, 6.45) is 3.73. The number of likely N-dealkylation sites (tertiary alicyclic amines) is 1. The fraction of sp³-hybridized carbons (Fsp3) is 0.571. The Bertz CT molecular complexity index is 268. The number of aromatic amines is 1. The standard InChI is InChI=1S/C7H10N4O.ClH/c12-7(6-5-8-10-9-6)11-3-1-2-4-11;/h5H,1-4H2,(H,8,9,10);1H. The van der Waals surface area contributed by atoms with E-state index < -0.39 is 0 Å². The highest BCUT2D eigenvalue weighted by molar-refractivity contribution is 5.92. The zero-order valence-electron chi connectivity index (χ0n) is 7.06. The van der Waals surface area contributed by atoms with Gasteiger partial charge in [0.2, 0.25) is 0 Å². The third kappa shape index (κ3) is 1.98. The van der Waals surface area contributed by atoms with Crippen molar-refractivity contribution in [2.45, 2.75) is 12.8 Å². The molecule has 0 saturated carbocycles. The van der Waals surface area contributed by atoms with E-state index in [4.69, 9.17) is 0 Å². The van der Waals surface area contributed by atoms with Crippen molar-refractivity contribution in [1.29, 1.82) is 0 Å². The molecule has 1 fully saturated rings. The van der Waals surface area contributed by atoms with Gasteiger partial charge in [0.05, 0.1) is 6.20 Å². The number of carbonyl (C=O) groups excluding carboxylic acids is 1. The van der Waals surface area contributed by atoms with Crippen LogP contribution in [-0.2, 0) is 0 Å². The predicted octanol–water partition coefficient (Wildman–Crippen LogP) is 0.462. The first-order valence-corrected chi connectivity index (χ1v) is 4.03. The molecule has 1 saturated heterocycles. The molecule has 1 N–H and O–H groups in total. The van der Waals surface area contributed by atoms with E-state index in [0.717, 1.165) is 25.9 Å². The molecule has 0 bridgehead atoms. The average molecular weight is 203 g/mol. The van der Waals surface area contributed by atoms with Crippen molar-refractivity contribution < 1.29 is 4.79 Å². The highest BCUT2D eigenvalue weighted by Crippen LogP contribution is 2.10. The van der Waals surface area contributed by atoms with Crippen molar-refractivity contribution >= 4 is 18.3 Å². The summed E-state index contributed by atoms with van der Waals surface area (Å²) in [4.78, 5) is 13.3. The van der Waals surface area contributed by atoms with Gasteiger partial charge in [-0.1, -0.05) is 5.21 Å². The Morgan fingerprint density at radius 3 is 2.69 bits per heavy atom. The molecule has 0 spiro atoms. The molecule has 1 aliphatic rings. The monoisotopic (exact) mass is 202 g/mol. The Balaban J connectivity index is 0.000000845. The van der Waals surface area contributed by atoms with Crippen LogP contribution < -0.4 is 0 Å². The van der Waals surface area contributed by atoms with Crippen LogP contribution in [0.15, 0.2) is 6.20 Å². The van der Waals surface area contributed by atoms with Crippen LogP contribution in [0.4, 0.5) is 0 Å².